The second-order valence-corrected chi connectivity index (χ2v) is 5.89. The van der Waals surface area contributed by atoms with Crippen molar-refractivity contribution < 1.29 is 4.79 Å². The van der Waals surface area contributed by atoms with Crippen LogP contribution in [-0.4, -0.2) is 42.5 Å². The lowest BCUT2D eigenvalue weighted by atomic mass is 9.92. The molecule has 1 amide bonds. The SMILES string of the molecule is CCN(CC)CCNC(C)(Cc1ccc(Cl)cc1)C(N)=O. The average Bonchev–Trinajstić information content (AvgIpc) is 2.46. The van der Waals surface area contributed by atoms with E-state index in [9.17, 15) is 4.79 Å². The molecular formula is C16H26ClN3O. The number of nitrogens with zero attached hydrogens (tertiary/aromatic N) is 1. The summed E-state index contributed by atoms with van der Waals surface area (Å²) in [5.41, 5.74) is 5.88. The second kappa shape index (κ2) is 8.37. The monoisotopic (exact) mass is 311 g/mol. The van der Waals surface area contributed by atoms with Gasteiger partial charge in [0.1, 0.15) is 0 Å². The predicted molar refractivity (Wildman–Crippen MR) is 88.5 cm³/mol. The first-order valence-electron chi connectivity index (χ1n) is 7.43. The number of carbonyl (C=O) groups excluding carboxylic acids is 1. The highest BCUT2D eigenvalue weighted by Crippen LogP contribution is 2.16. The van der Waals surface area contributed by atoms with Crippen LogP contribution in [0.3, 0.4) is 0 Å². The lowest BCUT2D eigenvalue weighted by Gasteiger charge is -2.29. The largest absolute Gasteiger partial charge is 0.368 e. The van der Waals surface area contributed by atoms with E-state index in [1.54, 1.807) is 0 Å². The fourth-order valence-corrected chi connectivity index (χ4v) is 2.40. The number of nitrogens with two attached hydrogens (primary N) is 1. The normalized spacial score (nSPS) is 14.1. The summed E-state index contributed by atoms with van der Waals surface area (Å²) in [7, 11) is 0. The number of likely N-dealkylation sites (N-methyl/N-ethyl adjacent to an activating group) is 1. The summed E-state index contributed by atoms with van der Waals surface area (Å²) in [5, 5.41) is 4.00. The Balaban J connectivity index is 2.65. The number of halogens is 1. The zero-order valence-corrected chi connectivity index (χ0v) is 13.9. The van der Waals surface area contributed by atoms with E-state index in [-0.39, 0.29) is 5.91 Å². The van der Waals surface area contributed by atoms with Gasteiger partial charge in [0.15, 0.2) is 0 Å². The molecule has 0 bridgehead atoms. The molecule has 4 nitrogen and oxygen atoms in total. The zero-order valence-electron chi connectivity index (χ0n) is 13.2. The smallest absolute Gasteiger partial charge is 0.237 e. The molecule has 5 heteroatoms. The van der Waals surface area contributed by atoms with Gasteiger partial charge in [-0.2, -0.15) is 0 Å². The van der Waals surface area contributed by atoms with Crippen molar-refractivity contribution in [3.63, 3.8) is 0 Å². The van der Waals surface area contributed by atoms with Crippen LogP contribution >= 0.6 is 11.6 Å². The molecule has 0 aliphatic rings. The third-order valence-corrected chi connectivity index (χ3v) is 4.10. The van der Waals surface area contributed by atoms with Gasteiger partial charge in [-0.1, -0.05) is 37.6 Å². The number of hydrogen-bond donors (Lipinski definition) is 2. The first-order valence-corrected chi connectivity index (χ1v) is 7.80. The van der Waals surface area contributed by atoms with E-state index >= 15 is 0 Å². The topological polar surface area (TPSA) is 58.4 Å². The van der Waals surface area contributed by atoms with Crippen LogP contribution in [0.5, 0.6) is 0 Å². The first kappa shape index (κ1) is 18.0. The Morgan fingerprint density at radius 2 is 1.86 bits per heavy atom. The number of amides is 1. The third kappa shape index (κ3) is 5.65. The Labute approximate surface area is 132 Å². The minimum atomic E-state index is -0.749. The standard InChI is InChI=1S/C16H26ClN3O/c1-4-20(5-2)11-10-19-16(3,15(18)21)12-13-6-8-14(17)9-7-13/h6-9,19H,4-5,10-12H2,1-3H3,(H2,18,21). The maximum atomic E-state index is 11.8. The van der Waals surface area contributed by atoms with Crippen molar-refractivity contribution in [3.8, 4) is 0 Å². The summed E-state index contributed by atoms with van der Waals surface area (Å²) >= 11 is 5.88. The maximum absolute atomic E-state index is 11.8. The molecule has 1 aromatic rings. The Kier molecular flexibility index (Phi) is 7.15. The van der Waals surface area contributed by atoms with Gasteiger partial charge < -0.3 is 16.0 Å². The minimum absolute atomic E-state index is 0.336. The van der Waals surface area contributed by atoms with Crippen LogP contribution in [-0.2, 0) is 11.2 Å². The fourth-order valence-electron chi connectivity index (χ4n) is 2.28. The molecule has 1 aromatic carbocycles. The van der Waals surface area contributed by atoms with Gasteiger partial charge in [0, 0.05) is 18.1 Å². The third-order valence-electron chi connectivity index (χ3n) is 3.85. The summed E-state index contributed by atoms with van der Waals surface area (Å²) in [4.78, 5) is 14.1. The van der Waals surface area contributed by atoms with Crippen molar-refractivity contribution in [1.82, 2.24) is 10.2 Å². The molecule has 0 aliphatic heterocycles. The molecule has 0 fully saturated rings. The van der Waals surface area contributed by atoms with Crippen molar-refractivity contribution in [2.45, 2.75) is 32.7 Å². The average molecular weight is 312 g/mol. The van der Waals surface area contributed by atoms with Crippen LogP contribution in [0.1, 0.15) is 26.3 Å². The minimum Gasteiger partial charge on any atom is -0.368 e. The molecule has 1 unspecified atom stereocenters. The number of primary amides is 1. The Hall–Kier alpha value is -1.10. The molecule has 0 saturated heterocycles. The lowest BCUT2D eigenvalue weighted by Crippen LogP contribution is -2.56. The molecule has 0 spiro atoms. The van der Waals surface area contributed by atoms with E-state index in [4.69, 9.17) is 17.3 Å². The number of benzene rings is 1. The highest BCUT2D eigenvalue weighted by atomic mass is 35.5. The Morgan fingerprint density at radius 1 is 1.29 bits per heavy atom. The first-order chi connectivity index (χ1) is 9.91. The van der Waals surface area contributed by atoms with Gasteiger partial charge in [0.2, 0.25) is 5.91 Å². The van der Waals surface area contributed by atoms with Crippen LogP contribution < -0.4 is 11.1 Å². The van der Waals surface area contributed by atoms with Crippen LogP contribution in [0.4, 0.5) is 0 Å². The molecule has 0 heterocycles. The summed E-state index contributed by atoms with van der Waals surface area (Å²) in [5.74, 6) is -0.336. The quantitative estimate of drug-likeness (QED) is 0.734. The van der Waals surface area contributed by atoms with Crippen molar-refractivity contribution in [1.29, 1.82) is 0 Å². The van der Waals surface area contributed by atoms with E-state index in [1.807, 2.05) is 31.2 Å². The van der Waals surface area contributed by atoms with E-state index in [0.29, 0.717) is 11.4 Å². The van der Waals surface area contributed by atoms with E-state index in [2.05, 4.69) is 24.1 Å². The van der Waals surface area contributed by atoms with Gasteiger partial charge in [-0.25, -0.2) is 0 Å². The fraction of sp³-hybridized carbons (Fsp3) is 0.562. The predicted octanol–water partition coefficient (Wildman–Crippen LogP) is 2.06. The van der Waals surface area contributed by atoms with Gasteiger partial charge in [0.05, 0.1) is 5.54 Å². The van der Waals surface area contributed by atoms with Gasteiger partial charge in [-0.15, -0.1) is 0 Å². The summed E-state index contributed by atoms with van der Waals surface area (Å²) in [6.07, 6.45) is 0.553. The van der Waals surface area contributed by atoms with Gasteiger partial charge in [0.25, 0.3) is 0 Å². The van der Waals surface area contributed by atoms with Gasteiger partial charge in [-0.05, 0) is 44.1 Å². The highest BCUT2D eigenvalue weighted by Gasteiger charge is 2.30. The lowest BCUT2D eigenvalue weighted by molar-refractivity contribution is -0.123. The molecule has 0 saturated carbocycles. The number of carbonyl (C=O) groups is 1. The summed E-state index contributed by atoms with van der Waals surface area (Å²) in [6, 6.07) is 7.51. The van der Waals surface area contributed by atoms with Gasteiger partial charge in [-0.3, -0.25) is 4.79 Å². The van der Waals surface area contributed by atoms with Gasteiger partial charge >= 0.3 is 0 Å². The van der Waals surface area contributed by atoms with Crippen molar-refractivity contribution in [3.05, 3.63) is 34.9 Å². The second-order valence-electron chi connectivity index (χ2n) is 5.45. The summed E-state index contributed by atoms with van der Waals surface area (Å²) in [6.45, 7) is 9.75. The molecule has 0 radical (unpaired) electrons. The van der Waals surface area contributed by atoms with Crippen LogP contribution in [0, 0.1) is 0 Å². The van der Waals surface area contributed by atoms with E-state index < -0.39 is 5.54 Å². The van der Waals surface area contributed by atoms with Crippen LogP contribution in [0.2, 0.25) is 5.02 Å². The molecule has 1 atom stereocenters. The Morgan fingerprint density at radius 3 is 2.33 bits per heavy atom. The molecule has 1 rings (SSSR count). The number of hydrogen-bond acceptors (Lipinski definition) is 3. The summed E-state index contributed by atoms with van der Waals surface area (Å²) < 4.78 is 0. The van der Waals surface area contributed by atoms with Crippen molar-refractivity contribution in [2.75, 3.05) is 26.2 Å². The maximum Gasteiger partial charge on any atom is 0.237 e. The highest BCUT2D eigenvalue weighted by molar-refractivity contribution is 6.30. The van der Waals surface area contributed by atoms with Crippen molar-refractivity contribution in [2.24, 2.45) is 5.73 Å². The molecule has 118 valence electrons. The van der Waals surface area contributed by atoms with Crippen molar-refractivity contribution >= 4 is 17.5 Å². The molecule has 3 N–H and O–H groups in total. The Bertz CT molecular complexity index is 445. The molecule has 0 aliphatic carbocycles. The molecule has 0 aromatic heterocycles. The van der Waals surface area contributed by atoms with Crippen LogP contribution in [0.25, 0.3) is 0 Å². The van der Waals surface area contributed by atoms with E-state index in [1.165, 1.54) is 0 Å². The molecular weight excluding hydrogens is 286 g/mol. The number of rotatable bonds is 9. The number of nitrogens with one attached hydrogen (secondary N) is 1. The molecule has 21 heavy (non-hydrogen) atoms. The zero-order chi connectivity index (χ0) is 15.9. The van der Waals surface area contributed by atoms with Crippen LogP contribution in [0.15, 0.2) is 24.3 Å². The van der Waals surface area contributed by atoms with E-state index in [0.717, 1.165) is 31.7 Å².